The average Bonchev–Trinajstić information content (AvgIpc) is 3.20. The Morgan fingerprint density at radius 1 is 1.10 bits per heavy atom. The summed E-state index contributed by atoms with van der Waals surface area (Å²) in [5, 5.41) is 0. The van der Waals surface area contributed by atoms with E-state index >= 15 is 0 Å². The molecule has 1 amide bonds. The molecule has 3 heterocycles. The molecule has 4 rings (SSSR count). The van der Waals surface area contributed by atoms with E-state index in [-0.39, 0.29) is 23.7 Å². The number of amides is 1. The van der Waals surface area contributed by atoms with E-state index in [4.69, 9.17) is 9.47 Å². The predicted molar refractivity (Wildman–Crippen MR) is 109 cm³/mol. The SMILES string of the molecule is COc1cc(OC)cc(C(=O)N2CCC3CCN(c4ncccc4C(F)(F)F)CC32)c1. The maximum Gasteiger partial charge on any atom is 0.419 e. The van der Waals surface area contributed by atoms with Crippen LogP contribution in [0.2, 0.25) is 0 Å². The van der Waals surface area contributed by atoms with Crippen molar-refractivity contribution >= 4 is 11.7 Å². The van der Waals surface area contributed by atoms with Crippen molar-refractivity contribution in [1.82, 2.24) is 9.88 Å². The molecular formula is C22H24F3N3O3. The number of carbonyl (C=O) groups is 1. The molecule has 2 fully saturated rings. The molecule has 9 heteroatoms. The van der Waals surface area contributed by atoms with Crippen LogP contribution in [0.15, 0.2) is 36.5 Å². The number of methoxy groups -OCH3 is 2. The Labute approximate surface area is 178 Å². The lowest BCUT2D eigenvalue weighted by Crippen LogP contribution is -2.50. The summed E-state index contributed by atoms with van der Waals surface area (Å²) in [5.74, 6) is 1.02. The summed E-state index contributed by atoms with van der Waals surface area (Å²) < 4.78 is 51.0. The van der Waals surface area contributed by atoms with E-state index in [2.05, 4.69) is 4.98 Å². The first-order valence-corrected chi connectivity index (χ1v) is 10.1. The van der Waals surface area contributed by atoms with E-state index in [0.717, 1.165) is 12.5 Å². The number of aromatic nitrogens is 1. The normalized spacial score (nSPS) is 21.1. The van der Waals surface area contributed by atoms with Gasteiger partial charge in [0.05, 0.1) is 25.8 Å². The Hall–Kier alpha value is -2.97. The van der Waals surface area contributed by atoms with E-state index in [1.165, 1.54) is 26.5 Å². The van der Waals surface area contributed by atoms with Gasteiger partial charge >= 0.3 is 6.18 Å². The highest BCUT2D eigenvalue weighted by Gasteiger charge is 2.43. The van der Waals surface area contributed by atoms with Gasteiger partial charge in [-0.05, 0) is 43.0 Å². The van der Waals surface area contributed by atoms with Crippen molar-refractivity contribution in [2.45, 2.75) is 25.1 Å². The number of hydrogen-bond donors (Lipinski definition) is 0. The quantitative estimate of drug-likeness (QED) is 0.730. The third kappa shape index (κ3) is 4.13. The molecule has 166 valence electrons. The number of halogens is 3. The van der Waals surface area contributed by atoms with E-state index < -0.39 is 11.7 Å². The number of hydrogen-bond acceptors (Lipinski definition) is 5. The number of carbonyl (C=O) groups excluding carboxylic acids is 1. The molecule has 0 aliphatic carbocycles. The van der Waals surface area contributed by atoms with Gasteiger partial charge in [-0.15, -0.1) is 0 Å². The van der Waals surface area contributed by atoms with Crippen LogP contribution in [-0.4, -0.2) is 55.7 Å². The van der Waals surface area contributed by atoms with Gasteiger partial charge < -0.3 is 19.3 Å². The fourth-order valence-electron chi connectivity index (χ4n) is 4.55. The summed E-state index contributed by atoms with van der Waals surface area (Å²) in [6.07, 6.45) is -1.57. The van der Waals surface area contributed by atoms with E-state index in [0.29, 0.717) is 43.1 Å². The topological polar surface area (TPSA) is 54.9 Å². The van der Waals surface area contributed by atoms with Gasteiger partial charge in [-0.1, -0.05) is 0 Å². The predicted octanol–water partition coefficient (Wildman–Crippen LogP) is 3.86. The monoisotopic (exact) mass is 435 g/mol. The molecule has 2 unspecified atom stereocenters. The fourth-order valence-corrected chi connectivity index (χ4v) is 4.55. The van der Waals surface area contributed by atoms with Gasteiger partial charge in [0.25, 0.3) is 5.91 Å². The van der Waals surface area contributed by atoms with Gasteiger partial charge in [0, 0.05) is 37.5 Å². The molecular weight excluding hydrogens is 411 g/mol. The summed E-state index contributed by atoms with van der Waals surface area (Å²) in [6.45, 7) is 1.36. The van der Waals surface area contributed by atoms with Gasteiger partial charge in [0.15, 0.2) is 0 Å². The molecule has 2 aliphatic heterocycles. The molecule has 6 nitrogen and oxygen atoms in total. The highest BCUT2D eigenvalue weighted by atomic mass is 19.4. The van der Waals surface area contributed by atoms with Crippen LogP contribution in [0, 0.1) is 5.92 Å². The zero-order chi connectivity index (χ0) is 22.2. The van der Waals surface area contributed by atoms with E-state index in [1.54, 1.807) is 28.0 Å². The minimum absolute atomic E-state index is 0.0733. The Morgan fingerprint density at radius 3 is 2.42 bits per heavy atom. The summed E-state index contributed by atoms with van der Waals surface area (Å²) in [4.78, 5) is 20.8. The van der Waals surface area contributed by atoms with Crippen molar-refractivity contribution < 1.29 is 27.4 Å². The summed E-state index contributed by atoms with van der Waals surface area (Å²) in [7, 11) is 3.03. The first-order chi connectivity index (χ1) is 14.8. The minimum Gasteiger partial charge on any atom is -0.497 e. The number of benzene rings is 1. The lowest BCUT2D eigenvalue weighted by atomic mass is 9.91. The summed E-state index contributed by atoms with van der Waals surface area (Å²) >= 11 is 0. The Morgan fingerprint density at radius 2 is 1.77 bits per heavy atom. The third-order valence-electron chi connectivity index (χ3n) is 6.11. The number of ether oxygens (including phenoxy) is 2. The smallest absolute Gasteiger partial charge is 0.419 e. The van der Waals surface area contributed by atoms with Crippen molar-refractivity contribution in [1.29, 1.82) is 0 Å². The van der Waals surface area contributed by atoms with Crippen LogP contribution in [0.1, 0.15) is 28.8 Å². The molecule has 0 N–H and O–H groups in total. The second-order valence-electron chi connectivity index (χ2n) is 7.82. The number of likely N-dealkylation sites (tertiary alicyclic amines) is 1. The van der Waals surface area contributed by atoms with Crippen LogP contribution in [0.4, 0.5) is 19.0 Å². The highest BCUT2D eigenvalue weighted by Crippen LogP contribution is 2.39. The maximum absolute atomic E-state index is 13.5. The van der Waals surface area contributed by atoms with Crippen molar-refractivity contribution in [2.24, 2.45) is 5.92 Å². The molecule has 0 bridgehead atoms. The number of pyridine rings is 1. The largest absolute Gasteiger partial charge is 0.497 e. The average molecular weight is 435 g/mol. The number of piperidine rings is 1. The van der Waals surface area contributed by atoms with Crippen molar-refractivity contribution in [3.8, 4) is 11.5 Å². The Balaban J connectivity index is 1.60. The highest BCUT2D eigenvalue weighted by molar-refractivity contribution is 5.95. The van der Waals surface area contributed by atoms with Gasteiger partial charge in [-0.3, -0.25) is 4.79 Å². The summed E-state index contributed by atoms with van der Waals surface area (Å²) in [6, 6.07) is 7.15. The van der Waals surface area contributed by atoms with E-state index in [9.17, 15) is 18.0 Å². The molecule has 0 saturated carbocycles. The van der Waals surface area contributed by atoms with Crippen LogP contribution in [0.5, 0.6) is 11.5 Å². The second-order valence-corrected chi connectivity index (χ2v) is 7.82. The molecule has 1 aromatic carbocycles. The number of nitrogens with zero attached hydrogens (tertiary/aromatic N) is 3. The summed E-state index contributed by atoms with van der Waals surface area (Å²) in [5.41, 5.74) is -0.315. The fraction of sp³-hybridized carbons (Fsp3) is 0.455. The van der Waals surface area contributed by atoms with Gasteiger partial charge in [0.1, 0.15) is 17.3 Å². The number of fused-ring (bicyclic) bond motifs is 1. The Bertz CT molecular complexity index is 944. The zero-order valence-electron chi connectivity index (χ0n) is 17.4. The van der Waals surface area contributed by atoms with Crippen LogP contribution in [-0.2, 0) is 6.18 Å². The molecule has 0 spiro atoms. The standard InChI is InChI=1S/C22H24F3N3O3/c1-30-16-10-15(11-17(12-16)31-2)21(29)28-9-6-14-5-8-27(13-19(14)28)20-18(22(23,24)25)4-3-7-26-20/h3-4,7,10-12,14,19H,5-6,8-9,13H2,1-2H3. The molecule has 2 atom stereocenters. The maximum atomic E-state index is 13.5. The van der Waals surface area contributed by atoms with Crippen LogP contribution in [0.25, 0.3) is 0 Å². The van der Waals surface area contributed by atoms with Crippen molar-refractivity contribution in [2.75, 3.05) is 38.8 Å². The molecule has 0 radical (unpaired) electrons. The van der Waals surface area contributed by atoms with Gasteiger partial charge in [-0.25, -0.2) is 4.98 Å². The molecule has 2 aliphatic rings. The number of rotatable bonds is 4. The lowest BCUT2D eigenvalue weighted by Gasteiger charge is -2.39. The van der Waals surface area contributed by atoms with Crippen LogP contribution >= 0.6 is 0 Å². The van der Waals surface area contributed by atoms with Gasteiger partial charge in [-0.2, -0.15) is 13.2 Å². The Kier molecular flexibility index (Phi) is 5.68. The van der Waals surface area contributed by atoms with Crippen molar-refractivity contribution in [3.05, 3.63) is 47.7 Å². The molecule has 2 saturated heterocycles. The molecule has 31 heavy (non-hydrogen) atoms. The molecule has 2 aromatic rings. The number of anilines is 1. The van der Waals surface area contributed by atoms with Gasteiger partial charge in [0.2, 0.25) is 0 Å². The molecule has 1 aromatic heterocycles. The first-order valence-electron chi connectivity index (χ1n) is 10.1. The van der Waals surface area contributed by atoms with E-state index in [1.807, 2.05) is 0 Å². The minimum atomic E-state index is -4.48. The first kappa shape index (κ1) is 21.3. The second kappa shape index (κ2) is 8.28. The van der Waals surface area contributed by atoms with Crippen molar-refractivity contribution in [3.63, 3.8) is 0 Å². The van der Waals surface area contributed by atoms with Crippen LogP contribution < -0.4 is 14.4 Å². The van der Waals surface area contributed by atoms with Crippen LogP contribution in [0.3, 0.4) is 0 Å². The number of alkyl halides is 3. The zero-order valence-corrected chi connectivity index (χ0v) is 17.4. The third-order valence-corrected chi connectivity index (χ3v) is 6.11. The lowest BCUT2D eigenvalue weighted by molar-refractivity contribution is -0.137.